The molecule has 0 aliphatic carbocycles. The number of carbonyl (C=O) groups is 1. The molecule has 90 valence electrons. The van der Waals surface area contributed by atoms with Gasteiger partial charge in [-0.15, -0.1) is 0 Å². The lowest BCUT2D eigenvalue weighted by Crippen LogP contribution is -2.15. The number of hydrogen-bond acceptors (Lipinski definition) is 1. The van der Waals surface area contributed by atoms with Crippen LogP contribution in [0.25, 0.3) is 10.9 Å². The van der Waals surface area contributed by atoms with Gasteiger partial charge in [0.05, 0.1) is 5.56 Å². The summed E-state index contributed by atoms with van der Waals surface area (Å²) < 4.78 is 39.3. The van der Waals surface area contributed by atoms with Gasteiger partial charge < -0.3 is 9.67 Å². The highest BCUT2D eigenvalue weighted by atomic mass is 19.4. The Bertz CT molecular complexity index is 599. The monoisotopic (exact) mass is 243 g/mol. The molecule has 0 spiro atoms. The van der Waals surface area contributed by atoms with E-state index < -0.39 is 23.4 Å². The summed E-state index contributed by atoms with van der Waals surface area (Å²) in [5, 5.41) is 9.02. The number of carboxylic acids is 1. The van der Waals surface area contributed by atoms with E-state index in [4.69, 9.17) is 5.11 Å². The second-order valence-electron chi connectivity index (χ2n) is 3.60. The van der Waals surface area contributed by atoms with E-state index in [0.717, 1.165) is 4.57 Å². The number of alkyl halides is 3. The van der Waals surface area contributed by atoms with Crippen LogP contribution in [0, 0.1) is 0 Å². The van der Waals surface area contributed by atoms with E-state index in [2.05, 4.69) is 0 Å². The van der Waals surface area contributed by atoms with E-state index in [0.29, 0.717) is 0 Å². The third-order valence-corrected chi connectivity index (χ3v) is 2.59. The number of nitrogens with zero attached hydrogens (tertiary/aromatic N) is 1. The van der Waals surface area contributed by atoms with Gasteiger partial charge in [0.15, 0.2) is 0 Å². The molecule has 1 aromatic carbocycles. The summed E-state index contributed by atoms with van der Waals surface area (Å²) in [4.78, 5) is 11.0. The summed E-state index contributed by atoms with van der Waals surface area (Å²) in [5.41, 5.74) is -1.58. The van der Waals surface area contributed by atoms with E-state index in [9.17, 15) is 18.0 Å². The Morgan fingerprint density at radius 3 is 2.41 bits per heavy atom. The van der Waals surface area contributed by atoms with Crippen LogP contribution in [0.3, 0.4) is 0 Å². The number of rotatable bonds is 1. The van der Waals surface area contributed by atoms with Gasteiger partial charge in [-0.05, 0) is 6.07 Å². The smallest absolute Gasteiger partial charge is 0.432 e. The number of aryl methyl sites for hydroxylation is 1. The van der Waals surface area contributed by atoms with Crippen LogP contribution >= 0.6 is 0 Å². The maximum absolute atomic E-state index is 12.8. The Labute approximate surface area is 94.1 Å². The predicted molar refractivity (Wildman–Crippen MR) is 54.9 cm³/mol. The topological polar surface area (TPSA) is 42.2 Å². The average molecular weight is 243 g/mol. The van der Waals surface area contributed by atoms with Gasteiger partial charge in [0, 0.05) is 18.0 Å². The summed E-state index contributed by atoms with van der Waals surface area (Å²) in [6, 6.07) is 5.90. The normalized spacial score (nSPS) is 12.0. The average Bonchev–Trinajstić information content (AvgIpc) is 2.52. The van der Waals surface area contributed by atoms with Crippen molar-refractivity contribution < 1.29 is 23.1 Å². The molecule has 1 heterocycles. The van der Waals surface area contributed by atoms with Crippen LogP contribution < -0.4 is 0 Å². The Kier molecular flexibility index (Phi) is 2.38. The lowest BCUT2D eigenvalue weighted by atomic mass is 10.1. The number of fused-ring (bicyclic) bond motifs is 1. The molecule has 1 N–H and O–H groups in total. The number of hydrogen-bond donors (Lipinski definition) is 1. The first-order chi connectivity index (χ1) is 7.84. The molecule has 1 aromatic heterocycles. The predicted octanol–water partition coefficient (Wildman–Crippen LogP) is 2.90. The molecule has 0 atom stereocenters. The molecular weight excluding hydrogens is 235 g/mol. The second kappa shape index (κ2) is 3.51. The van der Waals surface area contributed by atoms with Crippen LogP contribution in [0.2, 0.25) is 0 Å². The van der Waals surface area contributed by atoms with Crippen molar-refractivity contribution in [2.24, 2.45) is 7.05 Å². The van der Waals surface area contributed by atoms with Gasteiger partial charge in [-0.3, -0.25) is 0 Å². The first-order valence-electron chi connectivity index (χ1n) is 4.72. The fraction of sp³-hybridized carbons (Fsp3) is 0.182. The summed E-state index contributed by atoms with van der Waals surface area (Å²) in [6.45, 7) is 0. The molecule has 17 heavy (non-hydrogen) atoms. The molecule has 0 amide bonds. The molecule has 6 heteroatoms. The number of benzene rings is 1. The van der Waals surface area contributed by atoms with Gasteiger partial charge >= 0.3 is 12.1 Å². The number of aromatic carboxylic acids is 1. The molecule has 3 nitrogen and oxygen atoms in total. The van der Waals surface area contributed by atoms with Gasteiger partial charge in [-0.2, -0.15) is 13.2 Å². The Morgan fingerprint density at radius 1 is 1.29 bits per heavy atom. The molecule has 0 unspecified atom stereocenters. The van der Waals surface area contributed by atoms with Crippen molar-refractivity contribution in [3.63, 3.8) is 0 Å². The van der Waals surface area contributed by atoms with E-state index in [1.54, 1.807) is 6.07 Å². The minimum absolute atomic E-state index is 0.0924. The number of para-hydroxylation sites is 1. The van der Waals surface area contributed by atoms with Crippen molar-refractivity contribution in [2.75, 3.05) is 0 Å². The second-order valence-corrected chi connectivity index (χ2v) is 3.60. The Morgan fingerprint density at radius 2 is 1.88 bits per heavy atom. The van der Waals surface area contributed by atoms with Crippen LogP contribution in [0.4, 0.5) is 13.2 Å². The van der Waals surface area contributed by atoms with Crippen molar-refractivity contribution in [2.45, 2.75) is 6.18 Å². The highest BCUT2D eigenvalue weighted by Crippen LogP contribution is 2.37. The summed E-state index contributed by atoms with van der Waals surface area (Å²) in [6.07, 6.45) is -4.69. The molecule has 0 fully saturated rings. The molecule has 0 radical (unpaired) electrons. The van der Waals surface area contributed by atoms with E-state index in [1.165, 1.54) is 25.2 Å². The summed E-state index contributed by atoms with van der Waals surface area (Å²) in [7, 11) is 1.21. The molecular formula is C11H8F3NO2. The van der Waals surface area contributed by atoms with Crippen molar-refractivity contribution in [3.05, 3.63) is 35.5 Å². The zero-order valence-corrected chi connectivity index (χ0v) is 8.75. The highest BCUT2D eigenvalue weighted by Gasteiger charge is 2.40. The minimum Gasteiger partial charge on any atom is -0.478 e. The van der Waals surface area contributed by atoms with E-state index in [1.807, 2.05) is 0 Å². The fourth-order valence-electron chi connectivity index (χ4n) is 1.94. The van der Waals surface area contributed by atoms with Crippen LogP contribution in [0.15, 0.2) is 24.3 Å². The maximum Gasteiger partial charge on any atom is 0.432 e. The molecule has 0 bridgehead atoms. The molecule has 2 rings (SSSR count). The largest absolute Gasteiger partial charge is 0.478 e. The molecule has 0 saturated heterocycles. The highest BCUT2D eigenvalue weighted by molar-refractivity contribution is 6.05. The minimum atomic E-state index is -4.69. The standard InChI is InChI=1S/C11H8F3NO2/c1-15-7-5-3-2-4-6(7)8(10(16)17)9(15)11(12,13)14/h2-5H,1H3,(H,16,17). The SMILES string of the molecule is Cn1c(C(F)(F)F)c(C(=O)O)c2ccccc21. The van der Waals surface area contributed by atoms with E-state index >= 15 is 0 Å². The van der Waals surface area contributed by atoms with Crippen molar-refractivity contribution in [1.82, 2.24) is 4.57 Å². The lowest BCUT2D eigenvalue weighted by Gasteiger charge is -2.09. The van der Waals surface area contributed by atoms with E-state index in [-0.39, 0.29) is 10.9 Å². The fourth-order valence-corrected chi connectivity index (χ4v) is 1.94. The van der Waals surface area contributed by atoms with Gasteiger partial charge in [-0.25, -0.2) is 4.79 Å². The number of aromatic nitrogens is 1. The third-order valence-electron chi connectivity index (χ3n) is 2.59. The lowest BCUT2D eigenvalue weighted by molar-refractivity contribution is -0.143. The van der Waals surface area contributed by atoms with Gasteiger partial charge in [-0.1, -0.05) is 18.2 Å². The molecule has 0 aliphatic heterocycles. The summed E-state index contributed by atoms with van der Waals surface area (Å²) >= 11 is 0. The third kappa shape index (κ3) is 1.65. The first-order valence-corrected chi connectivity index (χ1v) is 4.72. The van der Waals surface area contributed by atoms with Gasteiger partial charge in [0.1, 0.15) is 5.69 Å². The van der Waals surface area contributed by atoms with Crippen LogP contribution in [0.5, 0.6) is 0 Å². The number of carboxylic acid groups (broad SMARTS) is 1. The number of halogens is 3. The van der Waals surface area contributed by atoms with Gasteiger partial charge in [0.25, 0.3) is 0 Å². The maximum atomic E-state index is 12.8. The van der Waals surface area contributed by atoms with Crippen LogP contribution in [-0.4, -0.2) is 15.6 Å². The van der Waals surface area contributed by atoms with Crippen LogP contribution in [0.1, 0.15) is 16.1 Å². The Balaban J connectivity index is 2.96. The quantitative estimate of drug-likeness (QED) is 0.836. The summed E-state index contributed by atoms with van der Waals surface area (Å²) in [5.74, 6) is -1.57. The van der Waals surface area contributed by atoms with Crippen molar-refractivity contribution in [3.8, 4) is 0 Å². The van der Waals surface area contributed by atoms with Gasteiger partial charge in [0.2, 0.25) is 0 Å². The molecule has 0 aliphatic rings. The van der Waals surface area contributed by atoms with Crippen molar-refractivity contribution in [1.29, 1.82) is 0 Å². The van der Waals surface area contributed by atoms with Crippen LogP contribution in [-0.2, 0) is 13.2 Å². The van der Waals surface area contributed by atoms with Crippen molar-refractivity contribution >= 4 is 16.9 Å². The molecule has 2 aromatic rings. The zero-order valence-electron chi connectivity index (χ0n) is 8.75. The zero-order chi connectivity index (χ0) is 12.8. The molecule has 0 saturated carbocycles. The first kappa shape index (κ1) is 11.5. The Hall–Kier alpha value is -1.98.